The van der Waals surface area contributed by atoms with Crippen molar-refractivity contribution in [1.29, 1.82) is 0 Å². The molecule has 8 heteroatoms. The summed E-state index contributed by atoms with van der Waals surface area (Å²) in [7, 11) is -3.46. The van der Waals surface area contributed by atoms with Gasteiger partial charge in [0.1, 0.15) is 5.54 Å². The number of benzene rings is 1. The summed E-state index contributed by atoms with van der Waals surface area (Å²) in [5, 5.41) is 12.2. The van der Waals surface area contributed by atoms with Crippen LogP contribution in [0.2, 0.25) is 0 Å². The molecule has 0 unspecified atom stereocenters. The molecule has 0 saturated heterocycles. The number of aliphatic carboxylic acids is 1. The lowest BCUT2D eigenvalue weighted by atomic mass is 9.81. The molecule has 0 spiro atoms. The molecule has 1 aromatic carbocycles. The summed E-state index contributed by atoms with van der Waals surface area (Å²) in [6.07, 6.45) is 3.75. The van der Waals surface area contributed by atoms with Crippen molar-refractivity contribution in [2.24, 2.45) is 0 Å². The molecule has 1 saturated carbocycles. The quantitative estimate of drug-likeness (QED) is 0.684. The van der Waals surface area contributed by atoms with Gasteiger partial charge in [-0.1, -0.05) is 32.3 Å². The maximum absolute atomic E-state index is 12.5. The molecular formula is C17H24N2O5S. The van der Waals surface area contributed by atoms with Crippen molar-refractivity contribution >= 4 is 27.6 Å². The summed E-state index contributed by atoms with van der Waals surface area (Å²) < 4.78 is 26.1. The van der Waals surface area contributed by atoms with Crippen molar-refractivity contribution in [3.05, 3.63) is 29.8 Å². The van der Waals surface area contributed by atoms with Gasteiger partial charge in [0.15, 0.2) is 0 Å². The van der Waals surface area contributed by atoms with Crippen molar-refractivity contribution in [1.82, 2.24) is 5.32 Å². The zero-order chi connectivity index (χ0) is 18.5. The van der Waals surface area contributed by atoms with E-state index >= 15 is 0 Å². The lowest BCUT2D eigenvalue weighted by Gasteiger charge is -2.34. The van der Waals surface area contributed by atoms with Gasteiger partial charge in [0.05, 0.1) is 5.75 Å². The van der Waals surface area contributed by atoms with E-state index in [2.05, 4.69) is 10.0 Å². The number of anilines is 1. The highest BCUT2D eigenvalue weighted by Gasteiger charge is 2.41. The Morgan fingerprint density at radius 1 is 1.20 bits per heavy atom. The second-order valence-corrected chi connectivity index (χ2v) is 8.25. The van der Waals surface area contributed by atoms with Crippen LogP contribution in [0.1, 0.15) is 55.8 Å². The van der Waals surface area contributed by atoms with Crippen LogP contribution in [0.3, 0.4) is 0 Å². The monoisotopic (exact) mass is 368 g/mol. The van der Waals surface area contributed by atoms with Gasteiger partial charge >= 0.3 is 5.97 Å². The van der Waals surface area contributed by atoms with E-state index in [1.165, 1.54) is 12.1 Å². The average molecular weight is 368 g/mol. The Morgan fingerprint density at radius 3 is 2.48 bits per heavy atom. The van der Waals surface area contributed by atoms with E-state index in [4.69, 9.17) is 0 Å². The molecule has 1 aromatic rings. The van der Waals surface area contributed by atoms with Gasteiger partial charge in [-0.2, -0.15) is 0 Å². The first kappa shape index (κ1) is 19.2. The Kier molecular flexibility index (Phi) is 6.05. The van der Waals surface area contributed by atoms with E-state index < -0.39 is 27.4 Å². The van der Waals surface area contributed by atoms with Crippen LogP contribution >= 0.6 is 0 Å². The fourth-order valence-corrected chi connectivity index (χ4v) is 4.19. The van der Waals surface area contributed by atoms with Crippen LogP contribution < -0.4 is 10.0 Å². The first-order valence-electron chi connectivity index (χ1n) is 8.44. The first-order valence-corrected chi connectivity index (χ1v) is 10.1. The molecule has 25 heavy (non-hydrogen) atoms. The highest BCUT2D eigenvalue weighted by Crippen LogP contribution is 2.29. The maximum Gasteiger partial charge on any atom is 0.329 e. The molecule has 1 aliphatic carbocycles. The van der Waals surface area contributed by atoms with Crippen LogP contribution in [-0.4, -0.2) is 36.7 Å². The van der Waals surface area contributed by atoms with Crippen molar-refractivity contribution < 1.29 is 23.1 Å². The number of rotatable bonds is 7. The fourth-order valence-electron chi connectivity index (χ4n) is 3.06. The van der Waals surface area contributed by atoms with E-state index in [0.29, 0.717) is 19.3 Å². The first-order chi connectivity index (χ1) is 11.8. The van der Waals surface area contributed by atoms with Crippen molar-refractivity contribution in [2.45, 2.75) is 51.0 Å². The molecule has 0 atom stereocenters. The Morgan fingerprint density at radius 2 is 1.88 bits per heavy atom. The molecule has 7 nitrogen and oxygen atoms in total. The molecule has 0 bridgehead atoms. The Balaban J connectivity index is 2.16. The van der Waals surface area contributed by atoms with Crippen LogP contribution in [-0.2, 0) is 14.8 Å². The number of carboxylic acid groups (broad SMARTS) is 1. The van der Waals surface area contributed by atoms with Crippen LogP contribution in [0.5, 0.6) is 0 Å². The predicted molar refractivity (Wildman–Crippen MR) is 95.1 cm³/mol. The molecule has 0 aromatic heterocycles. The molecule has 1 aliphatic rings. The summed E-state index contributed by atoms with van der Waals surface area (Å²) in [5.41, 5.74) is -0.732. The van der Waals surface area contributed by atoms with Gasteiger partial charge < -0.3 is 10.4 Å². The molecule has 1 amide bonds. The molecule has 1 fully saturated rings. The lowest BCUT2D eigenvalue weighted by molar-refractivity contribution is -0.145. The number of nitrogens with one attached hydrogen (secondary N) is 2. The highest BCUT2D eigenvalue weighted by atomic mass is 32.2. The zero-order valence-corrected chi connectivity index (χ0v) is 15.1. The van der Waals surface area contributed by atoms with Gasteiger partial charge in [0, 0.05) is 11.3 Å². The molecule has 0 aliphatic heterocycles. The van der Waals surface area contributed by atoms with Crippen molar-refractivity contribution in [3.8, 4) is 0 Å². The minimum absolute atomic E-state index is 0.00838. The molecule has 0 heterocycles. The normalized spacial score (nSPS) is 16.8. The number of hydrogen-bond acceptors (Lipinski definition) is 4. The number of amides is 1. The number of carbonyl (C=O) groups excluding carboxylic acids is 1. The minimum atomic E-state index is -3.46. The summed E-state index contributed by atoms with van der Waals surface area (Å²) in [6.45, 7) is 1.76. The van der Waals surface area contributed by atoms with Crippen LogP contribution in [0.4, 0.5) is 5.69 Å². The maximum atomic E-state index is 12.5. The van der Waals surface area contributed by atoms with Crippen LogP contribution in [0, 0.1) is 0 Å². The smallest absolute Gasteiger partial charge is 0.329 e. The summed E-state index contributed by atoms with van der Waals surface area (Å²) in [5.74, 6) is -1.55. The highest BCUT2D eigenvalue weighted by molar-refractivity contribution is 7.92. The van der Waals surface area contributed by atoms with E-state index in [1.54, 1.807) is 19.1 Å². The molecule has 0 radical (unpaired) electrons. The third-order valence-corrected chi connectivity index (χ3v) is 5.83. The van der Waals surface area contributed by atoms with E-state index in [9.17, 15) is 23.1 Å². The van der Waals surface area contributed by atoms with Gasteiger partial charge in [-0.05, 0) is 37.5 Å². The van der Waals surface area contributed by atoms with Gasteiger partial charge in [-0.25, -0.2) is 13.2 Å². The summed E-state index contributed by atoms with van der Waals surface area (Å²) in [4.78, 5) is 24.2. The Hall–Kier alpha value is -2.09. The average Bonchev–Trinajstić information content (AvgIpc) is 2.55. The second kappa shape index (κ2) is 7.86. The molecule has 2 rings (SSSR count). The minimum Gasteiger partial charge on any atom is -0.480 e. The van der Waals surface area contributed by atoms with Crippen LogP contribution in [0.25, 0.3) is 0 Å². The standard InChI is InChI=1S/C17H24N2O5S/c1-2-11-25(23,24)19-14-8-6-7-13(12-14)15(20)18-17(16(21)22)9-4-3-5-10-17/h6-8,12,19H,2-5,9-11H2,1H3,(H,18,20)(H,21,22). The van der Waals surface area contributed by atoms with Crippen molar-refractivity contribution in [2.75, 3.05) is 10.5 Å². The third-order valence-electron chi connectivity index (χ3n) is 4.34. The lowest BCUT2D eigenvalue weighted by Crippen LogP contribution is -2.55. The van der Waals surface area contributed by atoms with E-state index in [1.807, 2.05) is 0 Å². The summed E-state index contributed by atoms with van der Waals surface area (Å²) in [6, 6.07) is 6.07. The number of carbonyl (C=O) groups is 2. The third kappa shape index (κ3) is 4.94. The predicted octanol–water partition coefficient (Wildman–Crippen LogP) is 2.36. The van der Waals surface area contributed by atoms with Gasteiger partial charge in [0.25, 0.3) is 5.91 Å². The van der Waals surface area contributed by atoms with Gasteiger partial charge in [0.2, 0.25) is 10.0 Å². The van der Waals surface area contributed by atoms with Crippen molar-refractivity contribution in [3.63, 3.8) is 0 Å². The fraction of sp³-hybridized carbons (Fsp3) is 0.529. The SMILES string of the molecule is CCCS(=O)(=O)Nc1cccc(C(=O)NC2(C(=O)O)CCCCC2)c1. The van der Waals surface area contributed by atoms with Gasteiger partial charge in [-0.3, -0.25) is 9.52 Å². The molecule has 138 valence electrons. The number of carboxylic acids is 1. The largest absolute Gasteiger partial charge is 0.480 e. The number of sulfonamides is 1. The van der Waals surface area contributed by atoms with E-state index in [-0.39, 0.29) is 17.0 Å². The topological polar surface area (TPSA) is 113 Å². The Bertz CT molecular complexity index is 739. The van der Waals surface area contributed by atoms with Crippen LogP contribution in [0.15, 0.2) is 24.3 Å². The van der Waals surface area contributed by atoms with Gasteiger partial charge in [-0.15, -0.1) is 0 Å². The molecular weight excluding hydrogens is 344 g/mol. The summed E-state index contributed by atoms with van der Waals surface area (Å²) >= 11 is 0. The zero-order valence-electron chi connectivity index (χ0n) is 14.2. The second-order valence-electron chi connectivity index (χ2n) is 6.40. The van der Waals surface area contributed by atoms with E-state index in [0.717, 1.165) is 19.3 Å². The molecule has 3 N–H and O–H groups in total. The number of hydrogen-bond donors (Lipinski definition) is 3. The Labute approximate surface area is 147 Å².